The van der Waals surface area contributed by atoms with Gasteiger partial charge in [0.1, 0.15) is 5.69 Å². The molecule has 1 heterocycles. The van der Waals surface area contributed by atoms with E-state index in [4.69, 9.17) is 11.6 Å². The van der Waals surface area contributed by atoms with E-state index in [2.05, 4.69) is 18.7 Å². The molecule has 0 fully saturated rings. The van der Waals surface area contributed by atoms with Crippen LogP contribution in [-0.2, 0) is 6.54 Å². The van der Waals surface area contributed by atoms with E-state index < -0.39 is 5.97 Å². The van der Waals surface area contributed by atoms with Gasteiger partial charge in [-0.05, 0) is 43.6 Å². The van der Waals surface area contributed by atoms with Gasteiger partial charge in [0.25, 0.3) is 0 Å². The standard InChI is InChI=1S/C25H31ClN2O2/c1-3-5-14-27(15-6-4-2)16-17-28-23(19-10-8-7-9-11-19)22-18-20(26)12-13-21(22)24(28)25(29)30/h7-13,18H,3-6,14-17H2,1-2H3,(H,29,30). The molecule has 0 unspecified atom stereocenters. The normalized spacial score (nSPS) is 11.5. The molecule has 0 amide bonds. The van der Waals surface area contributed by atoms with Crippen LogP contribution in [0.5, 0.6) is 0 Å². The molecular weight excluding hydrogens is 396 g/mol. The predicted molar refractivity (Wildman–Crippen MR) is 126 cm³/mol. The minimum atomic E-state index is -0.904. The number of nitrogens with zero attached hydrogens (tertiary/aromatic N) is 2. The third-order valence-corrected chi connectivity index (χ3v) is 5.81. The Morgan fingerprint density at radius 2 is 1.63 bits per heavy atom. The second kappa shape index (κ2) is 10.6. The van der Waals surface area contributed by atoms with Crippen molar-refractivity contribution in [1.82, 2.24) is 9.47 Å². The third kappa shape index (κ3) is 5.05. The number of aromatic nitrogens is 1. The summed E-state index contributed by atoms with van der Waals surface area (Å²) in [5.74, 6) is -0.904. The summed E-state index contributed by atoms with van der Waals surface area (Å²) in [7, 11) is 0. The maximum Gasteiger partial charge on any atom is 0.353 e. The van der Waals surface area contributed by atoms with Crippen LogP contribution in [-0.4, -0.2) is 40.2 Å². The molecule has 0 saturated carbocycles. The molecule has 0 saturated heterocycles. The molecule has 160 valence electrons. The van der Waals surface area contributed by atoms with Crippen LogP contribution >= 0.6 is 11.6 Å². The van der Waals surface area contributed by atoms with Crippen LogP contribution in [0.2, 0.25) is 5.02 Å². The Morgan fingerprint density at radius 3 is 2.23 bits per heavy atom. The van der Waals surface area contributed by atoms with E-state index in [9.17, 15) is 9.90 Å². The molecular formula is C25H31ClN2O2. The average Bonchev–Trinajstić information content (AvgIpc) is 3.07. The minimum Gasteiger partial charge on any atom is -0.477 e. The molecule has 5 heteroatoms. The lowest BCUT2D eigenvalue weighted by molar-refractivity contribution is 0.0686. The molecule has 0 radical (unpaired) electrons. The number of rotatable bonds is 11. The van der Waals surface area contributed by atoms with Gasteiger partial charge in [-0.15, -0.1) is 0 Å². The summed E-state index contributed by atoms with van der Waals surface area (Å²) in [5.41, 5.74) is 2.27. The van der Waals surface area contributed by atoms with Crippen molar-refractivity contribution in [2.45, 2.75) is 46.1 Å². The van der Waals surface area contributed by atoms with Gasteiger partial charge in [-0.3, -0.25) is 0 Å². The highest BCUT2D eigenvalue weighted by atomic mass is 35.5. The maximum absolute atomic E-state index is 12.3. The van der Waals surface area contributed by atoms with Crippen LogP contribution < -0.4 is 0 Å². The number of carboxylic acid groups (broad SMARTS) is 1. The largest absolute Gasteiger partial charge is 0.477 e. The van der Waals surface area contributed by atoms with Crippen molar-refractivity contribution in [2.75, 3.05) is 19.6 Å². The van der Waals surface area contributed by atoms with Gasteiger partial charge in [-0.1, -0.05) is 74.7 Å². The summed E-state index contributed by atoms with van der Waals surface area (Å²) in [4.78, 5) is 14.7. The quantitative estimate of drug-likeness (QED) is 0.377. The summed E-state index contributed by atoms with van der Waals surface area (Å²) in [6, 6.07) is 15.5. The van der Waals surface area contributed by atoms with E-state index in [1.807, 2.05) is 47.0 Å². The van der Waals surface area contributed by atoms with Crippen molar-refractivity contribution in [3.63, 3.8) is 0 Å². The van der Waals surface area contributed by atoms with Crippen molar-refractivity contribution < 1.29 is 9.90 Å². The zero-order valence-electron chi connectivity index (χ0n) is 17.9. The first-order chi connectivity index (χ1) is 14.6. The van der Waals surface area contributed by atoms with E-state index in [1.54, 1.807) is 6.07 Å². The molecule has 3 rings (SSSR count). The van der Waals surface area contributed by atoms with Gasteiger partial charge < -0.3 is 14.6 Å². The Morgan fingerprint density at radius 1 is 0.967 bits per heavy atom. The molecule has 0 spiro atoms. The van der Waals surface area contributed by atoms with Crippen LogP contribution in [0.25, 0.3) is 22.0 Å². The highest BCUT2D eigenvalue weighted by molar-refractivity contribution is 6.31. The predicted octanol–water partition coefficient (Wildman–Crippen LogP) is 6.56. The minimum absolute atomic E-state index is 0.339. The SMILES string of the molecule is CCCCN(CCCC)CCn1c(C(=O)O)c2ccc(Cl)cc2c1-c1ccccc1. The van der Waals surface area contributed by atoms with E-state index in [0.29, 0.717) is 17.3 Å². The molecule has 3 aromatic rings. The molecule has 0 bridgehead atoms. The number of aromatic carboxylic acids is 1. The Kier molecular flexibility index (Phi) is 7.94. The Balaban J connectivity index is 2.07. The Bertz CT molecular complexity index is 974. The average molecular weight is 427 g/mol. The molecule has 2 aromatic carbocycles. The van der Waals surface area contributed by atoms with E-state index in [0.717, 1.165) is 67.3 Å². The summed E-state index contributed by atoms with van der Waals surface area (Å²) in [6.07, 6.45) is 4.63. The summed E-state index contributed by atoms with van der Waals surface area (Å²) in [5, 5.41) is 12.3. The molecule has 0 atom stereocenters. The van der Waals surface area contributed by atoms with Crippen molar-refractivity contribution >= 4 is 28.3 Å². The molecule has 1 aromatic heterocycles. The van der Waals surface area contributed by atoms with E-state index in [1.165, 1.54) is 0 Å². The number of carboxylic acids is 1. The van der Waals surface area contributed by atoms with Crippen LogP contribution in [0.4, 0.5) is 0 Å². The van der Waals surface area contributed by atoms with Gasteiger partial charge in [0.05, 0.1) is 5.69 Å². The molecule has 30 heavy (non-hydrogen) atoms. The second-order valence-electron chi connectivity index (χ2n) is 7.76. The van der Waals surface area contributed by atoms with Gasteiger partial charge in [0.15, 0.2) is 0 Å². The Hall–Kier alpha value is -2.30. The highest BCUT2D eigenvalue weighted by Crippen LogP contribution is 2.36. The number of benzene rings is 2. The second-order valence-corrected chi connectivity index (χ2v) is 8.20. The zero-order valence-corrected chi connectivity index (χ0v) is 18.7. The first-order valence-corrected chi connectivity index (χ1v) is 11.3. The first-order valence-electron chi connectivity index (χ1n) is 10.9. The molecule has 0 aliphatic rings. The number of unbranched alkanes of at least 4 members (excludes halogenated alkanes) is 2. The topological polar surface area (TPSA) is 45.5 Å². The van der Waals surface area contributed by atoms with Crippen LogP contribution in [0, 0.1) is 0 Å². The maximum atomic E-state index is 12.3. The number of halogens is 1. The van der Waals surface area contributed by atoms with Crippen molar-refractivity contribution in [3.05, 3.63) is 59.2 Å². The van der Waals surface area contributed by atoms with Crippen molar-refractivity contribution in [3.8, 4) is 11.3 Å². The highest BCUT2D eigenvalue weighted by Gasteiger charge is 2.23. The smallest absolute Gasteiger partial charge is 0.353 e. The summed E-state index contributed by atoms with van der Waals surface area (Å²) in [6.45, 7) is 7.96. The molecule has 1 N–H and O–H groups in total. The van der Waals surface area contributed by atoms with Gasteiger partial charge in [-0.2, -0.15) is 0 Å². The summed E-state index contributed by atoms with van der Waals surface area (Å²) < 4.78 is 1.98. The van der Waals surface area contributed by atoms with Gasteiger partial charge in [0, 0.05) is 28.9 Å². The molecule has 0 aliphatic heterocycles. The van der Waals surface area contributed by atoms with Crippen LogP contribution in [0.3, 0.4) is 0 Å². The van der Waals surface area contributed by atoms with E-state index >= 15 is 0 Å². The van der Waals surface area contributed by atoms with Crippen LogP contribution in [0.15, 0.2) is 48.5 Å². The fraction of sp³-hybridized carbons (Fsp3) is 0.400. The molecule has 4 nitrogen and oxygen atoms in total. The fourth-order valence-electron chi connectivity index (χ4n) is 4.02. The fourth-order valence-corrected chi connectivity index (χ4v) is 4.20. The monoisotopic (exact) mass is 426 g/mol. The zero-order chi connectivity index (χ0) is 21.5. The Labute approximate surface area is 184 Å². The first kappa shape index (κ1) is 22.4. The lowest BCUT2D eigenvalue weighted by atomic mass is 10.1. The number of hydrogen-bond acceptors (Lipinski definition) is 2. The number of hydrogen-bond donors (Lipinski definition) is 1. The third-order valence-electron chi connectivity index (χ3n) is 5.58. The lowest BCUT2D eigenvalue weighted by Crippen LogP contribution is -2.30. The lowest BCUT2D eigenvalue weighted by Gasteiger charge is -2.23. The number of carbonyl (C=O) groups is 1. The van der Waals surface area contributed by atoms with Gasteiger partial charge >= 0.3 is 5.97 Å². The van der Waals surface area contributed by atoms with E-state index in [-0.39, 0.29) is 0 Å². The van der Waals surface area contributed by atoms with Crippen molar-refractivity contribution in [2.24, 2.45) is 0 Å². The van der Waals surface area contributed by atoms with Crippen molar-refractivity contribution in [1.29, 1.82) is 0 Å². The molecule has 0 aliphatic carbocycles. The van der Waals surface area contributed by atoms with Gasteiger partial charge in [0.2, 0.25) is 0 Å². The van der Waals surface area contributed by atoms with Crippen LogP contribution in [0.1, 0.15) is 50.0 Å². The number of fused-ring (bicyclic) bond motifs is 1. The van der Waals surface area contributed by atoms with Gasteiger partial charge in [-0.25, -0.2) is 4.79 Å². The summed E-state index contributed by atoms with van der Waals surface area (Å²) >= 11 is 6.30.